The van der Waals surface area contributed by atoms with E-state index in [1.807, 2.05) is 0 Å². The lowest BCUT2D eigenvalue weighted by molar-refractivity contribution is 0.0901. The zero-order chi connectivity index (χ0) is 18.4. The van der Waals surface area contributed by atoms with Gasteiger partial charge in [-0.05, 0) is 18.9 Å². The second-order valence-electron chi connectivity index (χ2n) is 6.51. The summed E-state index contributed by atoms with van der Waals surface area (Å²) in [7, 11) is 0. The number of carbonyl (C=O) groups excluding carboxylic acids is 1. The van der Waals surface area contributed by atoms with E-state index in [0.29, 0.717) is 5.56 Å². The minimum atomic E-state index is -0.474. The van der Waals surface area contributed by atoms with Crippen molar-refractivity contribution in [3.05, 3.63) is 64.0 Å². The molecule has 0 radical (unpaired) electrons. The van der Waals surface area contributed by atoms with Gasteiger partial charge in [0.2, 0.25) is 11.2 Å². The van der Waals surface area contributed by atoms with Crippen molar-refractivity contribution in [3.63, 3.8) is 0 Å². The lowest BCUT2D eigenvalue weighted by Crippen LogP contribution is -2.34. The summed E-state index contributed by atoms with van der Waals surface area (Å²) in [5.74, 6) is -0.900. The summed E-state index contributed by atoms with van der Waals surface area (Å²) >= 11 is 0. The van der Waals surface area contributed by atoms with Crippen LogP contribution in [0.5, 0.6) is 5.75 Å². The topological polar surface area (TPSA) is 68.5 Å². The molecule has 2 aromatic rings. The Kier molecular flexibility index (Phi) is 6.04. The molecule has 1 amide bonds. The van der Waals surface area contributed by atoms with E-state index in [-0.39, 0.29) is 24.2 Å². The molecule has 0 spiro atoms. The first-order chi connectivity index (χ1) is 12.6. The Bertz CT molecular complexity index is 809. The average molecular weight is 359 g/mol. The first-order valence-corrected chi connectivity index (χ1v) is 8.93. The summed E-state index contributed by atoms with van der Waals surface area (Å²) in [6, 6.07) is 7.39. The Hall–Kier alpha value is -2.63. The third kappa shape index (κ3) is 4.71. The second kappa shape index (κ2) is 8.65. The molecule has 1 aromatic heterocycles. The van der Waals surface area contributed by atoms with E-state index in [2.05, 4.69) is 5.32 Å². The zero-order valence-electron chi connectivity index (χ0n) is 14.5. The molecule has 6 heteroatoms. The van der Waals surface area contributed by atoms with Crippen molar-refractivity contribution in [3.8, 4) is 5.75 Å². The average Bonchev–Trinajstić information content (AvgIpc) is 2.90. The van der Waals surface area contributed by atoms with Gasteiger partial charge in [0, 0.05) is 17.7 Å². The van der Waals surface area contributed by atoms with Gasteiger partial charge in [0.05, 0.1) is 0 Å². The molecule has 138 valence electrons. The number of carbonyl (C=O) groups is 1. The van der Waals surface area contributed by atoms with E-state index >= 15 is 0 Å². The van der Waals surface area contributed by atoms with Crippen molar-refractivity contribution in [1.82, 2.24) is 5.32 Å². The highest BCUT2D eigenvalue weighted by molar-refractivity contribution is 5.91. The van der Waals surface area contributed by atoms with Crippen LogP contribution in [-0.4, -0.2) is 11.9 Å². The zero-order valence-corrected chi connectivity index (χ0v) is 14.5. The minimum Gasteiger partial charge on any atom is -0.482 e. The van der Waals surface area contributed by atoms with Crippen LogP contribution in [0.1, 0.15) is 54.6 Å². The van der Waals surface area contributed by atoms with E-state index < -0.39 is 17.2 Å². The van der Waals surface area contributed by atoms with Crippen LogP contribution in [-0.2, 0) is 6.61 Å². The highest BCUT2D eigenvalue weighted by Gasteiger charge is 2.18. The van der Waals surface area contributed by atoms with Crippen LogP contribution in [0.4, 0.5) is 4.39 Å². The molecule has 1 fully saturated rings. The van der Waals surface area contributed by atoms with E-state index in [1.54, 1.807) is 18.2 Å². The molecule has 5 nitrogen and oxygen atoms in total. The molecule has 26 heavy (non-hydrogen) atoms. The maximum atomic E-state index is 13.6. The monoisotopic (exact) mass is 359 g/mol. The molecule has 0 aliphatic heterocycles. The number of ether oxygens (including phenoxy) is 1. The molecule has 1 aliphatic carbocycles. The maximum absolute atomic E-state index is 13.6. The predicted molar refractivity (Wildman–Crippen MR) is 94.7 cm³/mol. The molecule has 0 bridgehead atoms. The quantitative estimate of drug-likeness (QED) is 0.824. The van der Waals surface area contributed by atoms with E-state index in [0.717, 1.165) is 38.0 Å². The van der Waals surface area contributed by atoms with Gasteiger partial charge in [-0.3, -0.25) is 9.59 Å². The van der Waals surface area contributed by atoms with Gasteiger partial charge in [0.25, 0.3) is 5.91 Å². The van der Waals surface area contributed by atoms with E-state index in [4.69, 9.17) is 9.15 Å². The van der Waals surface area contributed by atoms with Crippen molar-refractivity contribution >= 4 is 5.91 Å². The molecule has 0 saturated heterocycles. The van der Waals surface area contributed by atoms with E-state index in [1.165, 1.54) is 18.9 Å². The van der Waals surface area contributed by atoms with Crippen molar-refractivity contribution < 1.29 is 18.3 Å². The van der Waals surface area contributed by atoms with Gasteiger partial charge in [0.1, 0.15) is 18.7 Å². The molecular weight excluding hydrogens is 337 g/mol. The van der Waals surface area contributed by atoms with Gasteiger partial charge in [0.15, 0.2) is 5.76 Å². The first kappa shape index (κ1) is 18.2. The van der Waals surface area contributed by atoms with Crippen LogP contribution in [0.3, 0.4) is 0 Å². The summed E-state index contributed by atoms with van der Waals surface area (Å²) in [4.78, 5) is 24.4. The third-order valence-electron chi connectivity index (χ3n) is 4.55. The minimum absolute atomic E-state index is 0.0440. The number of halogens is 1. The van der Waals surface area contributed by atoms with Crippen LogP contribution < -0.4 is 15.5 Å². The predicted octanol–water partition coefficient (Wildman–Crippen LogP) is 3.81. The maximum Gasteiger partial charge on any atom is 0.287 e. The second-order valence-corrected chi connectivity index (χ2v) is 6.51. The van der Waals surface area contributed by atoms with E-state index in [9.17, 15) is 14.0 Å². The van der Waals surface area contributed by atoms with Gasteiger partial charge >= 0.3 is 0 Å². The third-order valence-corrected chi connectivity index (χ3v) is 4.55. The van der Waals surface area contributed by atoms with Crippen LogP contribution >= 0.6 is 0 Å². The highest BCUT2D eigenvalue weighted by atomic mass is 19.1. The Labute approximate surface area is 151 Å². The molecule has 1 aliphatic rings. The molecule has 1 heterocycles. The van der Waals surface area contributed by atoms with Gasteiger partial charge in [-0.15, -0.1) is 0 Å². The largest absolute Gasteiger partial charge is 0.482 e. The SMILES string of the molecule is O=C(NC1CCCCCC1)c1cc(=O)c(OCc2ccccc2F)co1. The Balaban J connectivity index is 1.62. The van der Waals surface area contributed by atoms with Crippen molar-refractivity contribution in [2.45, 2.75) is 51.2 Å². The number of benzene rings is 1. The van der Waals surface area contributed by atoms with Crippen LogP contribution in [0.25, 0.3) is 0 Å². The summed E-state index contributed by atoms with van der Waals surface area (Å²) < 4.78 is 24.2. The Morgan fingerprint density at radius 3 is 2.62 bits per heavy atom. The summed E-state index contributed by atoms with van der Waals surface area (Å²) in [5.41, 5.74) is -0.138. The molecule has 3 rings (SSSR count). The number of hydrogen-bond acceptors (Lipinski definition) is 4. The van der Waals surface area contributed by atoms with Gasteiger partial charge < -0.3 is 14.5 Å². The number of nitrogens with one attached hydrogen (secondary N) is 1. The van der Waals surface area contributed by atoms with Gasteiger partial charge in [-0.1, -0.05) is 43.9 Å². The molecule has 1 N–H and O–H groups in total. The van der Waals surface area contributed by atoms with Crippen molar-refractivity contribution in [1.29, 1.82) is 0 Å². The lowest BCUT2D eigenvalue weighted by Gasteiger charge is -2.15. The number of amides is 1. The van der Waals surface area contributed by atoms with Crippen LogP contribution in [0.2, 0.25) is 0 Å². The summed E-state index contributed by atoms with van der Waals surface area (Å²) in [6.45, 7) is -0.0922. The molecule has 0 unspecified atom stereocenters. The normalized spacial score (nSPS) is 15.3. The molecule has 0 atom stereocenters. The lowest BCUT2D eigenvalue weighted by atomic mass is 10.1. The van der Waals surface area contributed by atoms with Crippen LogP contribution in [0, 0.1) is 5.82 Å². The highest BCUT2D eigenvalue weighted by Crippen LogP contribution is 2.18. The Morgan fingerprint density at radius 1 is 1.19 bits per heavy atom. The van der Waals surface area contributed by atoms with Crippen molar-refractivity contribution in [2.75, 3.05) is 0 Å². The molecule has 1 saturated carbocycles. The smallest absolute Gasteiger partial charge is 0.287 e. The van der Waals surface area contributed by atoms with Crippen molar-refractivity contribution in [2.24, 2.45) is 0 Å². The molecule has 1 aromatic carbocycles. The van der Waals surface area contributed by atoms with Crippen LogP contribution in [0.15, 0.2) is 45.8 Å². The fourth-order valence-electron chi connectivity index (χ4n) is 3.07. The fraction of sp³-hybridized carbons (Fsp3) is 0.400. The standard InChI is InChI=1S/C20H22FNO4/c21-16-10-6-5-7-14(16)12-25-19-13-26-18(11-17(19)23)20(24)22-15-8-3-1-2-4-9-15/h5-7,10-11,13,15H,1-4,8-9,12H2,(H,22,24). The van der Waals surface area contributed by atoms with Gasteiger partial charge in [-0.2, -0.15) is 0 Å². The number of rotatable bonds is 5. The van der Waals surface area contributed by atoms with Gasteiger partial charge in [-0.25, -0.2) is 4.39 Å². The fourth-order valence-corrected chi connectivity index (χ4v) is 3.07. The molecular formula is C20H22FNO4. The summed E-state index contributed by atoms with van der Waals surface area (Å²) in [5, 5.41) is 2.93. The first-order valence-electron chi connectivity index (χ1n) is 8.93. The number of hydrogen-bond donors (Lipinski definition) is 1. The summed E-state index contributed by atoms with van der Waals surface area (Å²) in [6.07, 6.45) is 7.56. The Morgan fingerprint density at radius 2 is 1.92 bits per heavy atom.